The fourth-order valence-corrected chi connectivity index (χ4v) is 2.62. The van der Waals surface area contributed by atoms with Gasteiger partial charge in [0.1, 0.15) is 0 Å². The number of hydrogen-bond acceptors (Lipinski definition) is 2. The number of benzene rings is 2. The Balaban J connectivity index is 1.76. The molecule has 0 aromatic heterocycles. The van der Waals surface area contributed by atoms with Gasteiger partial charge in [-0.2, -0.15) is 13.2 Å². The van der Waals surface area contributed by atoms with E-state index in [1.54, 1.807) is 36.4 Å². The van der Waals surface area contributed by atoms with E-state index < -0.39 is 17.1 Å². The SMILES string of the molecule is O=C(NNC(=S)NC[C@H](Cl)Cc1cccc(C(F)(F)F)c1)c1ccccc1. The average Bonchev–Trinajstić information content (AvgIpc) is 2.64. The summed E-state index contributed by atoms with van der Waals surface area (Å²) in [5, 5.41) is 2.47. The molecule has 144 valence electrons. The summed E-state index contributed by atoms with van der Waals surface area (Å²) in [6, 6.07) is 13.6. The van der Waals surface area contributed by atoms with Gasteiger partial charge in [0.2, 0.25) is 0 Å². The zero-order valence-corrected chi connectivity index (χ0v) is 15.6. The van der Waals surface area contributed by atoms with Crippen molar-refractivity contribution in [3.05, 3.63) is 71.3 Å². The van der Waals surface area contributed by atoms with E-state index in [0.717, 1.165) is 12.1 Å². The topological polar surface area (TPSA) is 53.2 Å². The van der Waals surface area contributed by atoms with Crippen molar-refractivity contribution in [2.75, 3.05) is 6.54 Å². The molecular formula is C18H17ClF3N3OS. The fourth-order valence-electron chi connectivity index (χ4n) is 2.23. The highest BCUT2D eigenvalue weighted by atomic mass is 35.5. The molecule has 0 saturated carbocycles. The molecule has 0 fully saturated rings. The van der Waals surface area contributed by atoms with E-state index in [9.17, 15) is 18.0 Å². The Labute approximate surface area is 165 Å². The first-order valence-electron chi connectivity index (χ1n) is 7.95. The van der Waals surface area contributed by atoms with Gasteiger partial charge in [-0.15, -0.1) is 11.6 Å². The van der Waals surface area contributed by atoms with Gasteiger partial charge in [0.15, 0.2) is 5.11 Å². The summed E-state index contributed by atoms with van der Waals surface area (Å²) in [5.74, 6) is -0.355. The van der Waals surface area contributed by atoms with E-state index in [4.69, 9.17) is 23.8 Å². The van der Waals surface area contributed by atoms with Gasteiger partial charge in [0.05, 0.1) is 10.9 Å². The average molecular weight is 416 g/mol. The van der Waals surface area contributed by atoms with Crippen LogP contribution < -0.4 is 16.2 Å². The zero-order chi connectivity index (χ0) is 19.9. The molecule has 0 aliphatic rings. The van der Waals surface area contributed by atoms with Gasteiger partial charge in [-0.25, -0.2) is 0 Å². The Morgan fingerprint density at radius 2 is 1.78 bits per heavy atom. The first-order chi connectivity index (χ1) is 12.8. The van der Waals surface area contributed by atoms with Crippen LogP contribution in [0.25, 0.3) is 0 Å². The van der Waals surface area contributed by atoms with Crippen LogP contribution in [0.15, 0.2) is 54.6 Å². The summed E-state index contributed by atoms with van der Waals surface area (Å²) in [6.07, 6.45) is -4.16. The van der Waals surface area contributed by atoms with Gasteiger partial charge in [0, 0.05) is 12.1 Å². The van der Waals surface area contributed by atoms with E-state index in [1.165, 1.54) is 6.07 Å². The van der Waals surface area contributed by atoms with Crippen LogP contribution in [0, 0.1) is 0 Å². The van der Waals surface area contributed by atoms with Gasteiger partial charge in [-0.05, 0) is 42.4 Å². The molecule has 0 bridgehead atoms. The lowest BCUT2D eigenvalue weighted by Gasteiger charge is -2.15. The molecule has 3 N–H and O–H groups in total. The Kier molecular flexibility index (Phi) is 7.44. The second-order valence-corrected chi connectivity index (χ2v) is 6.68. The van der Waals surface area contributed by atoms with Crippen molar-refractivity contribution in [3.63, 3.8) is 0 Å². The summed E-state index contributed by atoms with van der Waals surface area (Å²) >= 11 is 11.2. The third kappa shape index (κ3) is 7.07. The summed E-state index contributed by atoms with van der Waals surface area (Å²) in [6.45, 7) is 0.213. The summed E-state index contributed by atoms with van der Waals surface area (Å²) in [4.78, 5) is 11.9. The van der Waals surface area contributed by atoms with Crippen LogP contribution >= 0.6 is 23.8 Å². The van der Waals surface area contributed by atoms with Gasteiger partial charge in [-0.1, -0.05) is 36.4 Å². The number of amides is 1. The number of halogens is 4. The first-order valence-corrected chi connectivity index (χ1v) is 8.79. The number of alkyl halides is 4. The number of nitrogens with one attached hydrogen (secondary N) is 3. The highest BCUT2D eigenvalue weighted by molar-refractivity contribution is 7.80. The Bertz CT molecular complexity index is 787. The van der Waals surface area contributed by atoms with Crippen molar-refractivity contribution in [2.45, 2.75) is 18.0 Å². The lowest BCUT2D eigenvalue weighted by molar-refractivity contribution is -0.137. The molecule has 27 heavy (non-hydrogen) atoms. The van der Waals surface area contributed by atoms with Crippen molar-refractivity contribution in [1.29, 1.82) is 0 Å². The first kappa shape index (κ1) is 21.0. The lowest BCUT2D eigenvalue weighted by atomic mass is 10.1. The molecule has 1 atom stereocenters. The number of carbonyl (C=O) groups excluding carboxylic acids is 1. The standard InChI is InChI=1S/C18H17ClF3N3OS/c19-15(10-12-5-4-8-14(9-12)18(20,21)22)11-23-17(27)25-24-16(26)13-6-2-1-3-7-13/h1-9,15H,10-11H2,(H,24,26)(H2,23,25,27)/t15-/m1/s1. The third-order valence-electron chi connectivity index (χ3n) is 3.52. The van der Waals surface area contributed by atoms with Gasteiger partial charge >= 0.3 is 6.18 Å². The lowest BCUT2D eigenvalue weighted by Crippen LogP contribution is -2.48. The maximum atomic E-state index is 12.7. The maximum Gasteiger partial charge on any atom is 0.416 e. The third-order valence-corrected chi connectivity index (χ3v) is 4.08. The number of rotatable bonds is 5. The normalized spacial score (nSPS) is 12.1. The molecule has 1 amide bonds. The summed E-state index contributed by atoms with van der Waals surface area (Å²) in [7, 11) is 0. The van der Waals surface area contributed by atoms with Gasteiger partial charge in [0.25, 0.3) is 5.91 Å². The highest BCUT2D eigenvalue weighted by Crippen LogP contribution is 2.29. The van der Waals surface area contributed by atoms with Gasteiger partial charge in [-0.3, -0.25) is 15.6 Å². The Hall–Kier alpha value is -2.32. The largest absolute Gasteiger partial charge is 0.416 e. The van der Waals surface area contributed by atoms with E-state index in [1.807, 2.05) is 0 Å². The van der Waals surface area contributed by atoms with Crippen LogP contribution in [0.2, 0.25) is 0 Å². The minimum Gasteiger partial charge on any atom is -0.360 e. The molecule has 2 aromatic carbocycles. The van der Waals surface area contributed by atoms with E-state index in [0.29, 0.717) is 11.1 Å². The number of carbonyl (C=O) groups is 1. The smallest absolute Gasteiger partial charge is 0.360 e. The zero-order valence-electron chi connectivity index (χ0n) is 14.0. The Morgan fingerprint density at radius 1 is 1.07 bits per heavy atom. The van der Waals surface area contributed by atoms with E-state index in [2.05, 4.69) is 16.2 Å². The minimum absolute atomic E-state index is 0.147. The van der Waals surface area contributed by atoms with Crippen molar-refractivity contribution >= 4 is 34.8 Å². The van der Waals surface area contributed by atoms with Crippen LogP contribution in [0.1, 0.15) is 21.5 Å². The summed E-state index contributed by atoms with van der Waals surface area (Å²) in [5.41, 5.74) is 5.21. The molecular weight excluding hydrogens is 399 g/mol. The molecule has 0 saturated heterocycles. The molecule has 0 aliphatic carbocycles. The van der Waals surface area contributed by atoms with Crippen LogP contribution in [-0.4, -0.2) is 22.9 Å². The van der Waals surface area contributed by atoms with Crippen molar-refractivity contribution in [1.82, 2.24) is 16.2 Å². The minimum atomic E-state index is -4.39. The number of hydrogen-bond donors (Lipinski definition) is 3. The monoisotopic (exact) mass is 415 g/mol. The molecule has 2 aromatic rings. The van der Waals surface area contributed by atoms with Crippen molar-refractivity contribution < 1.29 is 18.0 Å². The molecule has 2 rings (SSSR count). The fraction of sp³-hybridized carbons (Fsp3) is 0.222. The van der Waals surface area contributed by atoms with Gasteiger partial charge < -0.3 is 5.32 Å². The highest BCUT2D eigenvalue weighted by Gasteiger charge is 2.30. The molecule has 0 heterocycles. The van der Waals surface area contributed by atoms with Crippen molar-refractivity contribution in [2.24, 2.45) is 0 Å². The molecule has 0 spiro atoms. The number of hydrazine groups is 1. The second-order valence-electron chi connectivity index (χ2n) is 5.65. The second kappa shape index (κ2) is 9.57. The van der Waals surface area contributed by atoms with E-state index in [-0.39, 0.29) is 24.0 Å². The summed E-state index contributed by atoms with van der Waals surface area (Å²) < 4.78 is 38.2. The molecule has 0 unspecified atom stereocenters. The van der Waals surface area contributed by atoms with E-state index >= 15 is 0 Å². The predicted octanol–water partition coefficient (Wildman–Crippen LogP) is 3.66. The molecule has 9 heteroatoms. The van der Waals surface area contributed by atoms with Crippen molar-refractivity contribution in [3.8, 4) is 0 Å². The maximum absolute atomic E-state index is 12.7. The van der Waals surface area contributed by atoms with Crippen LogP contribution in [0.5, 0.6) is 0 Å². The van der Waals surface area contributed by atoms with Crippen LogP contribution in [-0.2, 0) is 12.6 Å². The molecule has 0 radical (unpaired) electrons. The quantitative estimate of drug-likeness (QED) is 0.396. The molecule has 0 aliphatic heterocycles. The number of thiocarbonyl (C=S) groups is 1. The predicted molar refractivity (Wildman–Crippen MR) is 102 cm³/mol. The van der Waals surface area contributed by atoms with Crippen LogP contribution in [0.4, 0.5) is 13.2 Å². The molecule has 4 nitrogen and oxygen atoms in total. The van der Waals surface area contributed by atoms with Crippen LogP contribution in [0.3, 0.4) is 0 Å². The Morgan fingerprint density at radius 3 is 2.44 bits per heavy atom.